The number of benzene rings is 1. The maximum atomic E-state index is 8.87. The van der Waals surface area contributed by atoms with E-state index in [2.05, 4.69) is 0 Å². The quantitative estimate of drug-likeness (QED) is 0.361. The number of amidine groups is 1. The van der Waals surface area contributed by atoms with E-state index in [0.717, 1.165) is 0 Å². The second-order valence-electron chi connectivity index (χ2n) is 4.08. The predicted octanol–water partition coefficient (Wildman–Crippen LogP) is -0.364. The zero-order chi connectivity index (χ0) is 14.1. The van der Waals surface area contributed by atoms with Gasteiger partial charge in [-0.25, -0.2) is 0 Å². The first kappa shape index (κ1) is 15.4. The number of hydrogen-bond acceptors (Lipinski definition) is 5. The van der Waals surface area contributed by atoms with Crippen LogP contribution in [0.1, 0.15) is 5.56 Å². The van der Waals surface area contributed by atoms with Crippen molar-refractivity contribution in [2.45, 2.75) is 0 Å². The van der Waals surface area contributed by atoms with Gasteiger partial charge in [0.05, 0.1) is 13.2 Å². The largest absolute Gasteiger partial charge is 0.492 e. The van der Waals surface area contributed by atoms with Crippen molar-refractivity contribution in [3.8, 4) is 5.75 Å². The number of aliphatic hydroxyl groups is 2. The third-order valence-electron chi connectivity index (χ3n) is 2.67. The summed E-state index contributed by atoms with van der Waals surface area (Å²) in [6.45, 7) is 2.27. The van der Waals surface area contributed by atoms with Crippen molar-refractivity contribution < 1.29 is 14.9 Å². The lowest BCUT2D eigenvalue weighted by Gasteiger charge is -2.20. The number of nitrogens with one attached hydrogen (secondary N) is 1. The highest BCUT2D eigenvalue weighted by Crippen LogP contribution is 2.11. The van der Waals surface area contributed by atoms with E-state index in [1.54, 1.807) is 24.3 Å². The molecule has 0 saturated carbocycles. The lowest BCUT2D eigenvalue weighted by molar-refractivity contribution is 0.141. The summed E-state index contributed by atoms with van der Waals surface area (Å²) >= 11 is 0. The molecule has 6 heteroatoms. The number of aliphatic hydroxyl groups excluding tert-OH is 2. The van der Waals surface area contributed by atoms with Crippen LogP contribution in [-0.4, -0.2) is 60.4 Å². The van der Waals surface area contributed by atoms with Crippen molar-refractivity contribution in [3.63, 3.8) is 0 Å². The van der Waals surface area contributed by atoms with Crippen molar-refractivity contribution >= 4 is 5.84 Å². The van der Waals surface area contributed by atoms with E-state index < -0.39 is 0 Å². The van der Waals surface area contributed by atoms with Gasteiger partial charge in [0.25, 0.3) is 0 Å². The van der Waals surface area contributed by atoms with Gasteiger partial charge in [0.15, 0.2) is 0 Å². The van der Waals surface area contributed by atoms with Crippen LogP contribution in [0.5, 0.6) is 5.75 Å². The first-order chi connectivity index (χ1) is 9.17. The normalized spacial score (nSPS) is 10.7. The number of nitrogen functional groups attached to an aromatic ring is 1. The highest BCUT2D eigenvalue weighted by molar-refractivity contribution is 5.94. The third-order valence-corrected chi connectivity index (χ3v) is 2.67. The van der Waals surface area contributed by atoms with Gasteiger partial charge in [-0.3, -0.25) is 10.3 Å². The van der Waals surface area contributed by atoms with Crippen molar-refractivity contribution in [1.29, 1.82) is 5.41 Å². The lowest BCUT2D eigenvalue weighted by Crippen LogP contribution is -2.33. The summed E-state index contributed by atoms with van der Waals surface area (Å²) in [5.74, 6) is 0.738. The summed E-state index contributed by atoms with van der Waals surface area (Å²) in [5, 5.41) is 25.0. The molecule has 0 aliphatic carbocycles. The highest BCUT2D eigenvalue weighted by Gasteiger charge is 2.04. The molecular formula is C13H21N3O3. The number of rotatable bonds is 9. The number of nitrogens with zero attached hydrogens (tertiary/aromatic N) is 1. The molecule has 6 nitrogen and oxygen atoms in total. The molecule has 19 heavy (non-hydrogen) atoms. The maximum absolute atomic E-state index is 8.87. The Morgan fingerprint density at radius 1 is 1.11 bits per heavy atom. The Morgan fingerprint density at radius 3 is 2.16 bits per heavy atom. The standard InChI is InChI=1S/C13H21N3O3/c14-13(15)11-1-3-12(4-2-11)19-10-7-16(5-8-17)6-9-18/h1-4,17-18H,5-10H2,(H3,14,15). The van der Waals surface area contributed by atoms with Crippen molar-refractivity contribution in [3.05, 3.63) is 29.8 Å². The minimum Gasteiger partial charge on any atom is -0.492 e. The fourth-order valence-corrected chi connectivity index (χ4v) is 1.64. The van der Waals surface area contributed by atoms with Crippen LogP contribution in [0.3, 0.4) is 0 Å². The Kier molecular flexibility index (Phi) is 6.88. The van der Waals surface area contributed by atoms with Gasteiger partial charge in [0.1, 0.15) is 18.2 Å². The molecule has 1 aromatic carbocycles. The lowest BCUT2D eigenvalue weighted by atomic mass is 10.2. The van der Waals surface area contributed by atoms with Gasteiger partial charge >= 0.3 is 0 Å². The van der Waals surface area contributed by atoms with Gasteiger partial charge < -0.3 is 20.7 Å². The monoisotopic (exact) mass is 267 g/mol. The summed E-state index contributed by atoms with van der Waals surface area (Å²) in [5.41, 5.74) is 6.02. The van der Waals surface area contributed by atoms with Crippen molar-refractivity contribution in [1.82, 2.24) is 4.90 Å². The maximum Gasteiger partial charge on any atom is 0.122 e. The Labute approximate surface area is 112 Å². The molecule has 0 bridgehead atoms. The molecule has 0 aromatic heterocycles. The molecule has 0 amide bonds. The second kappa shape index (κ2) is 8.47. The smallest absolute Gasteiger partial charge is 0.122 e. The van der Waals surface area contributed by atoms with Gasteiger partial charge in [0, 0.05) is 25.2 Å². The molecule has 106 valence electrons. The summed E-state index contributed by atoms with van der Waals surface area (Å²) in [6, 6.07) is 6.99. The SMILES string of the molecule is N=C(N)c1ccc(OCCN(CCO)CCO)cc1. The zero-order valence-corrected chi connectivity index (χ0v) is 10.9. The van der Waals surface area contributed by atoms with E-state index in [9.17, 15) is 0 Å². The summed E-state index contributed by atoms with van der Waals surface area (Å²) < 4.78 is 5.55. The second-order valence-corrected chi connectivity index (χ2v) is 4.08. The fraction of sp³-hybridized carbons (Fsp3) is 0.462. The Bertz CT molecular complexity index is 375. The van der Waals surface area contributed by atoms with E-state index in [1.165, 1.54) is 0 Å². The number of nitrogens with two attached hydrogens (primary N) is 1. The van der Waals surface area contributed by atoms with E-state index >= 15 is 0 Å². The molecule has 5 N–H and O–H groups in total. The van der Waals surface area contributed by atoms with Crippen LogP contribution >= 0.6 is 0 Å². The van der Waals surface area contributed by atoms with Crippen LogP contribution < -0.4 is 10.5 Å². The van der Waals surface area contributed by atoms with Gasteiger partial charge in [0.2, 0.25) is 0 Å². The molecule has 1 aromatic rings. The van der Waals surface area contributed by atoms with Gasteiger partial charge in [-0.15, -0.1) is 0 Å². The van der Waals surface area contributed by atoms with Crippen LogP contribution in [0.2, 0.25) is 0 Å². The Hall–Kier alpha value is -1.63. The summed E-state index contributed by atoms with van der Waals surface area (Å²) in [4.78, 5) is 1.92. The Morgan fingerprint density at radius 2 is 1.68 bits per heavy atom. The molecular weight excluding hydrogens is 246 g/mol. The molecule has 0 unspecified atom stereocenters. The van der Waals surface area contributed by atoms with E-state index in [4.69, 9.17) is 26.1 Å². The highest BCUT2D eigenvalue weighted by atomic mass is 16.5. The topological polar surface area (TPSA) is 103 Å². The first-order valence-electron chi connectivity index (χ1n) is 6.18. The van der Waals surface area contributed by atoms with Gasteiger partial charge in [-0.1, -0.05) is 0 Å². The summed E-state index contributed by atoms with van der Waals surface area (Å²) in [7, 11) is 0. The minimum absolute atomic E-state index is 0.0311. The van der Waals surface area contributed by atoms with Crippen LogP contribution in [-0.2, 0) is 0 Å². The molecule has 0 aliphatic rings. The predicted molar refractivity (Wildman–Crippen MR) is 73.6 cm³/mol. The van der Waals surface area contributed by atoms with Crippen LogP contribution in [0.4, 0.5) is 0 Å². The van der Waals surface area contributed by atoms with Crippen LogP contribution in [0.25, 0.3) is 0 Å². The van der Waals surface area contributed by atoms with E-state index in [-0.39, 0.29) is 19.0 Å². The first-order valence-corrected chi connectivity index (χ1v) is 6.18. The van der Waals surface area contributed by atoms with Crippen LogP contribution in [0, 0.1) is 5.41 Å². The average molecular weight is 267 g/mol. The Balaban J connectivity index is 2.37. The zero-order valence-electron chi connectivity index (χ0n) is 10.9. The molecule has 0 radical (unpaired) electrons. The molecule has 0 fully saturated rings. The number of ether oxygens (including phenoxy) is 1. The van der Waals surface area contributed by atoms with Gasteiger partial charge in [-0.2, -0.15) is 0 Å². The van der Waals surface area contributed by atoms with Crippen molar-refractivity contribution in [2.24, 2.45) is 5.73 Å². The molecule has 0 aliphatic heterocycles. The molecule has 0 heterocycles. The van der Waals surface area contributed by atoms with Gasteiger partial charge in [-0.05, 0) is 24.3 Å². The minimum atomic E-state index is 0.0311. The molecule has 0 spiro atoms. The fourth-order valence-electron chi connectivity index (χ4n) is 1.64. The average Bonchev–Trinajstić information content (AvgIpc) is 2.40. The van der Waals surface area contributed by atoms with Crippen molar-refractivity contribution in [2.75, 3.05) is 39.5 Å². The molecule has 1 rings (SSSR count). The third kappa shape index (κ3) is 5.69. The summed E-state index contributed by atoms with van der Waals surface area (Å²) in [6.07, 6.45) is 0. The van der Waals surface area contributed by atoms with E-state index in [1.807, 2.05) is 4.90 Å². The number of hydrogen-bond donors (Lipinski definition) is 4. The molecule has 0 saturated heterocycles. The van der Waals surface area contributed by atoms with E-state index in [0.29, 0.717) is 37.6 Å². The van der Waals surface area contributed by atoms with Crippen LogP contribution in [0.15, 0.2) is 24.3 Å². The molecule has 0 atom stereocenters.